The first-order valence-corrected chi connectivity index (χ1v) is 10.6. The quantitative estimate of drug-likeness (QED) is 0.403. The van der Waals surface area contributed by atoms with Crippen LogP contribution in [0.4, 0.5) is 0 Å². The zero-order valence-corrected chi connectivity index (χ0v) is 17.5. The number of hydrogen-bond acceptors (Lipinski definition) is 5. The highest BCUT2D eigenvalue weighted by atomic mass is 35.5. The highest BCUT2D eigenvalue weighted by Gasteiger charge is 2.23. The van der Waals surface area contributed by atoms with Gasteiger partial charge in [0.05, 0.1) is 0 Å². The summed E-state index contributed by atoms with van der Waals surface area (Å²) in [5, 5.41) is 0.579. The van der Waals surface area contributed by atoms with Gasteiger partial charge in [-0.15, -0.1) is 0 Å². The molecule has 0 spiro atoms. The third-order valence-electron chi connectivity index (χ3n) is 4.20. The molecule has 0 radical (unpaired) electrons. The maximum Gasteiger partial charge on any atom is 0.342 e. The second-order valence-corrected chi connectivity index (χ2v) is 8.46. The molecule has 0 saturated heterocycles. The summed E-state index contributed by atoms with van der Waals surface area (Å²) < 4.78 is 36.1. The first-order chi connectivity index (χ1) is 13.8. The third-order valence-corrected chi connectivity index (χ3v) is 5.83. The Hall–Kier alpha value is -2.83. The fraction of sp³-hybridized carbons (Fsp3) is 0.136. The highest BCUT2D eigenvalue weighted by molar-refractivity contribution is 7.87. The molecule has 0 aliphatic rings. The average Bonchev–Trinajstić information content (AvgIpc) is 2.69. The number of carbonyl (C=O) groups excluding carboxylic acids is 1. The number of para-hydroxylation sites is 1. The molecule has 0 amide bonds. The molecule has 0 fully saturated rings. The van der Waals surface area contributed by atoms with Crippen LogP contribution in [0.15, 0.2) is 71.6 Å². The van der Waals surface area contributed by atoms with Gasteiger partial charge in [0.2, 0.25) is 0 Å². The summed E-state index contributed by atoms with van der Waals surface area (Å²) in [4.78, 5) is 12.6. The number of aryl methyl sites for hydroxylation is 2. The predicted octanol–water partition coefficient (Wildman–Crippen LogP) is 5.08. The first-order valence-electron chi connectivity index (χ1n) is 8.78. The Kier molecular flexibility index (Phi) is 6.25. The molecular weight excluding hydrogens is 412 g/mol. The second kappa shape index (κ2) is 8.68. The lowest BCUT2D eigenvalue weighted by Crippen LogP contribution is -2.15. The number of halogens is 1. The van der Waals surface area contributed by atoms with Gasteiger partial charge >= 0.3 is 16.1 Å². The van der Waals surface area contributed by atoms with Gasteiger partial charge in [0.1, 0.15) is 17.1 Å². The first kappa shape index (κ1) is 20.9. The van der Waals surface area contributed by atoms with Gasteiger partial charge in [0.25, 0.3) is 0 Å². The Balaban J connectivity index is 1.82. The molecule has 0 N–H and O–H groups in total. The molecule has 29 heavy (non-hydrogen) atoms. The van der Waals surface area contributed by atoms with E-state index in [9.17, 15) is 13.2 Å². The summed E-state index contributed by atoms with van der Waals surface area (Å²) >= 11 is 5.84. The van der Waals surface area contributed by atoms with Crippen LogP contribution in [0.5, 0.6) is 5.75 Å². The van der Waals surface area contributed by atoms with Gasteiger partial charge in [0, 0.05) is 5.02 Å². The van der Waals surface area contributed by atoms with Crippen molar-refractivity contribution in [3.05, 3.63) is 94.0 Å². The van der Waals surface area contributed by atoms with Gasteiger partial charge in [-0.1, -0.05) is 48.0 Å². The molecule has 0 heterocycles. The van der Waals surface area contributed by atoms with Gasteiger partial charge in [-0.05, 0) is 60.9 Å². The lowest BCUT2D eigenvalue weighted by atomic mass is 10.2. The van der Waals surface area contributed by atoms with Crippen LogP contribution in [0.25, 0.3) is 0 Å². The van der Waals surface area contributed by atoms with Crippen molar-refractivity contribution in [1.82, 2.24) is 0 Å². The van der Waals surface area contributed by atoms with Gasteiger partial charge in [-0.3, -0.25) is 0 Å². The zero-order chi connectivity index (χ0) is 21.0. The van der Waals surface area contributed by atoms with E-state index in [0.29, 0.717) is 10.6 Å². The minimum atomic E-state index is -4.12. The van der Waals surface area contributed by atoms with E-state index < -0.39 is 16.1 Å². The van der Waals surface area contributed by atoms with Crippen molar-refractivity contribution >= 4 is 27.7 Å². The Labute approximate surface area is 175 Å². The molecule has 3 rings (SSSR count). The van der Waals surface area contributed by atoms with E-state index in [4.69, 9.17) is 20.5 Å². The summed E-state index contributed by atoms with van der Waals surface area (Å²) in [6, 6.07) is 18.0. The lowest BCUT2D eigenvalue weighted by Gasteiger charge is -2.13. The van der Waals surface area contributed by atoms with E-state index in [2.05, 4.69) is 0 Å². The van der Waals surface area contributed by atoms with E-state index in [1.165, 1.54) is 18.2 Å². The molecule has 0 atom stereocenters. The van der Waals surface area contributed by atoms with E-state index in [-0.39, 0.29) is 22.8 Å². The predicted molar refractivity (Wildman–Crippen MR) is 111 cm³/mol. The smallest absolute Gasteiger partial charge is 0.342 e. The van der Waals surface area contributed by atoms with Crippen LogP contribution in [-0.2, 0) is 21.5 Å². The number of esters is 1. The van der Waals surface area contributed by atoms with Crippen LogP contribution in [0.1, 0.15) is 27.0 Å². The van der Waals surface area contributed by atoms with Crippen LogP contribution in [0.3, 0.4) is 0 Å². The monoisotopic (exact) mass is 430 g/mol. The van der Waals surface area contributed by atoms with Crippen LogP contribution in [-0.4, -0.2) is 14.4 Å². The Morgan fingerprint density at radius 3 is 2.38 bits per heavy atom. The standard InChI is InChI=1S/C22H19ClO5S/c1-15-7-8-16(2)21(13-15)29(25,26)28-20-6-4-3-5-19(20)22(24)27-14-17-9-11-18(23)12-10-17/h3-13H,14H2,1-2H3. The second-order valence-electron chi connectivity index (χ2n) is 6.51. The van der Waals surface area contributed by atoms with Crippen LogP contribution >= 0.6 is 11.6 Å². The van der Waals surface area contributed by atoms with Crippen LogP contribution in [0, 0.1) is 13.8 Å². The summed E-state index contributed by atoms with van der Waals surface area (Å²) in [5.74, 6) is -0.777. The average molecular weight is 431 g/mol. The molecule has 5 nitrogen and oxygen atoms in total. The molecule has 150 valence electrons. The van der Waals surface area contributed by atoms with Crippen LogP contribution in [0.2, 0.25) is 5.02 Å². The fourth-order valence-corrected chi connectivity index (χ4v) is 4.05. The summed E-state index contributed by atoms with van der Waals surface area (Å²) in [5.41, 5.74) is 2.12. The maximum absolute atomic E-state index is 12.8. The Morgan fingerprint density at radius 1 is 0.966 bits per heavy atom. The molecule has 7 heteroatoms. The number of rotatable bonds is 6. The van der Waals surface area contributed by atoms with Crippen molar-refractivity contribution < 1.29 is 22.1 Å². The lowest BCUT2D eigenvalue weighted by molar-refractivity contribution is 0.0471. The number of ether oxygens (including phenoxy) is 1. The fourth-order valence-electron chi connectivity index (χ4n) is 2.65. The third kappa shape index (κ3) is 5.16. The topological polar surface area (TPSA) is 69.7 Å². The molecule has 3 aromatic carbocycles. The van der Waals surface area contributed by atoms with Crippen molar-refractivity contribution in [3.8, 4) is 5.75 Å². The Morgan fingerprint density at radius 2 is 1.66 bits per heavy atom. The zero-order valence-electron chi connectivity index (χ0n) is 15.9. The van der Waals surface area contributed by atoms with Crippen molar-refractivity contribution in [1.29, 1.82) is 0 Å². The molecule has 0 aliphatic heterocycles. The summed E-state index contributed by atoms with van der Waals surface area (Å²) in [6.07, 6.45) is 0. The minimum absolute atomic E-state index is 0.0219. The van der Waals surface area contributed by atoms with E-state index in [1.807, 2.05) is 6.07 Å². The highest BCUT2D eigenvalue weighted by Crippen LogP contribution is 2.26. The van der Waals surface area contributed by atoms with Gasteiger partial charge in [0.15, 0.2) is 5.75 Å². The number of carbonyl (C=O) groups is 1. The van der Waals surface area contributed by atoms with Gasteiger partial charge < -0.3 is 8.92 Å². The van der Waals surface area contributed by atoms with E-state index in [0.717, 1.165) is 11.1 Å². The van der Waals surface area contributed by atoms with Crippen molar-refractivity contribution in [3.63, 3.8) is 0 Å². The molecule has 0 saturated carbocycles. The molecular formula is C22H19ClO5S. The minimum Gasteiger partial charge on any atom is -0.457 e. The van der Waals surface area contributed by atoms with Crippen molar-refractivity contribution in [2.75, 3.05) is 0 Å². The van der Waals surface area contributed by atoms with Crippen LogP contribution < -0.4 is 4.18 Å². The summed E-state index contributed by atoms with van der Waals surface area (Å²) in [7, 11) is -4.12. The van der Waals surface area contributed by atoms with Crippen molar-refractivity contribution in [2.24, 2.45) is 0 Å². The molecule has 0 aromatic heterocycles. The van der Waals surface area contributed by atoms with Crippen molar-refractivity contribution in [2.45, 2.75) is 25.3 Å². The maximum atomic E-state index is 12.8. The molecule has 0 unspecified atom stereocenters. The summed E-state index contributed by atoms with van der Waals surface area (Å²) in [6.45, 7) is 3.50. The van der Waals surface area contributed by atoms with E-state index >= 15 is 0 Å². The molecule has 0 aliphatic carbocycles. The SMILES string of the molecule is Cc1ccc(C)c(S(=O)(=O)Oc2ccccc2C(=O)OCc2ccc(Cl)cc2)c1. The normalized spacial score (nSPS) is 11.1. The number of hydrogen-bond donors (Lipinski definition) is 0. The largest absolute Gasteiger partial charge is 0.457 e. The molecule has 0 bridgehead atoms. The van der Waals surface area contributed by atoms with E-state index in [1.54, 1.807) is 56.3 Å². The van der Waals surface area contributed by atoms with Gasteiger partial charge in [-0.25, -0.2) is 4.79 Å². The number of benzene rings is 3. The Bertz CT molecular complexity index is 1140. The van der Waals surface area contributed by atoms with Gasteiger partial charge in [-0.2, -0.15) is 8.42 Å². The molecule has 3 aromatic rings.